The van der Waals surface area contributed by atoms with E-state index in [0.717, 1.165) is 22.5 Å². The van der Waals surface area contributed by atoms with Crippen molar-refractivity contribution in [1.29, 1.82) is 0 Å². The number of pyridine rings is 1. The number of carbonyl (C=O) groups is 1. The third-order valence-electron chi connectivity index (χ3n) is 3.88. The van der Waals surface area contributed by atoms with Crippen LogP contribution < -0.4 is 5.32 Å². The normalized spacial score (nSPS) is 11.2. The van der Waals surface area contributed by atoms with Crippen molar-refractivity contribution < 1.29 is 4.79 Å². The number of fused-ring (bicyclic) bond motifs is 1. The summed E-state index contributed by atoms with van der Waals surface area (Å²) in [6.07, 6.45) is 0. The Morgan fingerprint density at radius 2 is 1.79 bits per heavy atom. The van der Waals surface area contributed by atoms with Crippen LogP contribution in [0.3, 0.4) is 0 Å². The van der Waals surface area contributed by atoms with Crippen LogP contribution in [0.4, 0.5) is 0 Å². The summed E-state index contributed by atoms with van der Waals surface area (Å²) in [4.78, 5) is 17.2. The van der Waals surface area contributed by atoms with Crippen molar-refractivity contribution in [3.05, 3.63) is 52.8 Å². The molecule has 5 nitrogen and oxygen atoms in total. The Morgan fingerprint density at radius 3 is 2.42 bits per heavy atom. The second-order valence-corrected chi connectivity index (χ2v) is 6.47. The highest BCUT2D eigenvalue weighted by molar-refractivity contribution is 6.06. The third kappa shape index (κ3) is 2.89. The molecule has 0 radical (unpaired) electrons. The van der Waals surface area contributed by atoms with Gasteiger partial charge in [-0.25, -0.2) is 9.67 Å². The highest BCUT2D eigenvalue weighted by atomic mass is 16.1. The second kappa shape index (κ2) is 6.07. The first-order valence-electron chi connectivity index (χ1n) is 8.11. The third-order valence-corrected chi connectivity index (χ3v) is 3.88. The number of aromatic nitrogens is 3. The molecule has 0 saturated heterocycles. The number of amides is 1. The van der Waals surface area contributed by atoms with Crippen LogP contribution in [0.25, 0.3) is 16.7 Å². The number of rotatable bonds is 3. The maximum Gasteiger partial charge on any atom is 0.252 e. The molecule has 124 valence electrons. The summed E-state index contributed by atoms with van der Waals surface area (Å²) in [5, 5.41) is 8.39. The van der Waals surface area contributed by atoms with Gasteiger partial charge in [-0.15, -0.1) is 0 Å². The summed E-state index contributed by atoms with van der Waals surface area (Å²) in [6.45, 7) is 9.76. The molecular formula is C19H22N4O. The van der Waals surface area contributed by atoms with E-state index in [4.69, 9.17) is 0 Å². The van der Waals surface area contributed by atoms with E-state index in [1.807, 2.05) is 69.6 Å². The second-order valence-electron chi connectivity index (χ2n) is 6.47. The molecule has 1 aromatic carbocycles. The summed E-state index contributed by atoms with van der Waals surface area (Å²) < 4.78 is 1.81. The maximum atomic E-state index is 12.6. The van der Waals surface area contributed by atoms with Gasteiger partial charge >= 0.3 is 0 Å². The van der Waals surface area contributed by atoms with Crippen LogP contribution in [0, 0.1) is 20.8 Å². The number of nitrogens with zero attached hydrogens (tertiary/aromatic N) is 3. The molecule has 3 rings (SSSR count). The number of nitrogens with one attached hydrogen (secondary N) is 1. The van der Waals surface area contributed by atoms with Crippen LogP contribution in [0.2, 0.25) is 0 Å². The van der Waals surface area contributed by atoms with E-state index in [9.17, 15) is 4.79 Å². The van der Waals surface area contributed by atoms with Crippen molar-refractivity contribution in [2.45, 2.75) is 40.7 Å². The molecule has 1 N–H and O–H groups in total. The Hall–Kier alpha value is -2.69. The lowest BCUT2D eigenvalue weighted by Crippen LogP contribution is -2.30. The van der Waals surface area contributed by atoms with Gasteiger partial charge in [-0.2, -0.15) is 5.10 Å². The topological polar surface area (TPSA) is 59.8 Å². The minimum Gasteiger partial charge on any atom is -0.350 e. The van der Waals surface area contributed by atoms with E-state index >= 15 is 0 Å². The minimum absolute atomic E-state index is 0.0773. The predicted octanol–water partition coefficient (Wildman–Crippen LogP) is 3.48. The van der Waals surface area contributed by atoms with Gasteiger partial charge in [0.2, 0.25) is 0 Å². The van der Waals surface area contributed by atoms with Gasteiger partial charge in [0, 0.05) is 11.7 Å². The van der Waals surface area contributed by atoms with Crippen LogP contribution in [0.5, 0.6) is 0 Å². The summed E-state index contributed by atoms with van der Waals surface area (Å²) >= 11 is 0. The quantitative estimate of drug-likeness (QED) is 0.803. The minimum atomic E-state index is -0.0907. The molecule has 1 amide bonds. The number of carbonyl (C=O) groups excluding carboxylic acids is 1. The summed E-state index contributed by atoms with van der Waals surface area (Å²) in [7, 11) is 0. The zero-order chi connectivity index (χ0) is 17.4. The number of benzene rings is 1. The number of aryl methyl sites for hydroxylation is 3. The smallest absolute Gasteiger partial charge is 0.252 e. The van der Waals surface area contributed by atoms with E-state index in [1.54, 1.807) is 0 Å². The van der Waals surface area contributed by atoms with Crippen molar-refractivity contribution in [2.75, 3.05) is 0 Å². The van der Waals surface area contributed by atoms with Gasteiger partial charge in [0.05, 0.1) is 22.3 Å². The largest absolute Gasteiger partial charge is 0.350 e. The highest BCUT2D eigenvalue weighted by Crippen LogP contribution is 2.25. The van der Waals surface area contributed by atoms with Crippen molar-refractivity contribution >= 4 is 16.9 Å². The van der Waals surface area contributed by atoms with Gasteiger partial charge in [-0.1, -0.05) is 17.7 Å². The molecule has 0 spiro atoms. The Balaban J connectivity index is 2.23. The van der Waals surface area contributed by atoms with E-state index in [1.165, 1.54) is 5.56 Å². The molecule has 0 aliphatic carbocycles. The average molecular weight is 322 g/mol. The maximum absolute atomic E-state index is 12.6. The molecule has 3 aromatic rings. The van der Waals surface area contributed by atoms with E-state index in [2.05, 4.69) is 15.4 Å². The van der Waals surface area contributed by atoms with Crippen LogP contribution in [0.15, 0.2) is 30.3 Å². The van der Waals surface area contributed by atoms with Gasteiger partial charge in [0.1, 0.15) is 0 Å². The first kappa shape index (κ1) is 16.2. The Morgan fingerprint density at radius 1 is 1.12 bits per heavy atom. The number of hydrogen-bond acceptors (Lipinski definition) is 3. The molecule has 0 fully saturated rings. The van der Waals surface area contributed by atoms with Crippen molar-refractivity contribution in [1.82, 2.24) is 20.1 Å². The molecule has 24 heavy (non-hydrogen) atoms. The molecule has 0 unspecified atom stereocenters. The summed E-state index contributed by atoms with van der Waals surface area (Å²) in [6, 6.07) is 10.0. The molecule has 0 saturated carbocycles. The highest BCUT2D eigenvalue weighted by Gasteiger charge is 2.19. The van der Waals surface area contributed by atoms with E-state index < -0.39 is 0 Å². The van der Waals surface area contributed by atoms with Gasteiger partial charge < -0.3 is 5.32 Å². The monoisotopic (exact) mass is 322 g/mol. The standard InChI is InChI=1S/C19H22N4O/c1-11(2)20-19(24)16-10-13(4)21-18-17(16)14(5)22-23(18)15-8-6-12(3)7-9-15/h6-11H,1-5H3,(H,20,24). The lowest BCUT2D eigenvalue weighted by Gasteiger charge is -2.10. The zero-order valence-corrected chi connectivity index (χ0v) is 14.7. The molecule has 2 aromatic heterocycles. The fourth-order valence-corrected chi connectivity index (χ4v) is 2.80. The van der Waals surface area contributed by atoms with Crippen LogP contribution in [0.1, 0.15) is 41.2 Å². The fraction of sp³-hybridized carbons (Fsp3) is 0.316. The Labute approximate surface area is 141 Å². The first-order chi connectivity index (χ1) is 11.4. The van der Waals surface area contributed by atoms with Gasteiger partial charge in [0.15, 0.2) is 5.65 Å². The van der Waals surface area contributed by atoms with Crippen LogP contribution >= 0.6 is 0 Å². The molecule has 5 heteroatoms. The van der Waals surface area contributed by atoms with E-state index in [0.29, 0.717) is 11.2 Å². The molecular weight excluding hydrogens is 300 g/mol. The Kier molecular flexibility index (Phi) is 4.09. The van der Waals surface area contributed by atoms with Crippen molar-refractivity contribution in [3.8, 4) is 5.69 Å². The predicted molar refractivity (Wildman–Crippen MR) is 95.7 cm³/mol. The van der Waals surface area contributed by atoms with Crippen molar-refractivity contribution in [3.63, 3.8) is 0 Å². The molecule has 0 aliphatic heterocycles. The SMILES string of the molecule is Cc1ccc(-n2nc(C)c3c(C(=O)NC(C)C)cc(C)nc32)cc1. The lowest BCUT2D eigenvalue weighted by molar-refractivity contribution is 0.0944. The van der Waals surface area contributed by atoms with Gasteiger partial charge in [0.25, 0.3) is 5.91 Å². The lowest BCUT2D eigenvalue weighted by atomic mass is 10.1. The van der Waals surface area contributed by atoms with Crippen molar-refractivity contribution in [2.24, 2.45) is 0 Å². The van der Waals surface area contributed by atoms with Gasteiger partial charge in [-0.3, -0.25) is 4.79 Å². The summed E-state index contributed by atoms with van der Waals surface area (Å²) in [5.41, 5.74) is 5.06. The Bertz CT molecular complexity index is 907. The van der Waals surface area contributed by atoms with Crippen LogP contribution in [-0.4, -0.2) is 26.7 Å². The fourth-order valence-electron chi connectivity index (χ4n) is 2.80. The molecule has 0 atom stereocenters. The molecule has 2 heterocycles. The number of hydrogen-bond donors (Lipinski definition) is 1. The average Bonchev–Trinajstić information content (AvgIpc) is 2.83. The van der Waals surface area contributed by atoms with E-state index in [-0.39, 0.29) is 11.9 Å². The first-order valence-corrected chi connectivity index (χ1v) is 8.11. The summed E-state index contributed by atoms with van der Waals surface area (Å²) in [5.74, 6) is -0.0907. The zero-order valence-electron chi connectivity index (χ0n) is 14.7. The van der Waals surface area contributed by atoms with Gasteiger partial charge in [-0.05, 0) is 52.8 Å². The molecule has 0 bridgehead atoms. The van der Waals surface area contributed by atoms with Crippen LogP contribution in [-0.2, 0) is 0 Å². The molecule has 0 aliphatic rings.